The molecular weight excluding hydrogens is 609 g/mol. The minimum atomic E-state index is -0.944. The minimum Gasteiger partial charge on any atom is -0.381 e. The van der Waals surface area contributed by atoms with Gasteiger partial charge in [0.15, 0.2) is 0 Å². The summed E-state index contributed by atoms with van der Waals surface area (Å²) in [5, 5.41) is 7.54. The van der Waals surface area contributed by atoms with E-state index in [1.165, 1.54) is 11.3 Å². The number of amides is 3. The number of fused-ring (bicyclic) bond motifs is 1. The average molecular weight is 659 g/mol. The molecule has 3 aromatic rings. The van der Waals surface area contributed by atoms with Crippen LogP contribution in [0.25, 0.3) is 10.1 Å². The van der Waals surface area contributed by atoms with Gasteiger partial charge in [-0.15, -0.1) is 11.3 Å². The van der Waals surface area contributed by atoms with Gasteiger partial charge in [0.1, 0.15) is 5.54 Å². The van der Waals surface area contributed by atoms with Crippen molar-refractivity contribution in [1.29, 1.82) is 0 Å². The van der Waals surface area contributed by atoms with Gasteiger partial charge in [-0.1, -0.05) is 55.3 Å². The number of benzene rings is 2. The number of hydrogen-bond donors (Lipinski definition) is 2. The largest absolute Gasteiger partial charge is 0.381 e. The van der Waals surface area contributed by atoms with Gasteiger partial charge in [-0.3, -0.25) is 14.4 Å². The zero-order chi connectivity index (χ0) is 32.8. The lowest BCUT2D eigenvalue weighted by atomic mass is 9.93. The second-order valence-corrected chi connectivity index (χ2v) is 15.0. The second kappa shape index (κ2) is 15.3. The van der Waals surface area contributed by atoms with Crippen molar-refractivity contribution in [3.63, 3.8) is 0 Å². The van der Waals surface area contributed by atoms with E-state index >= 15 is 0 Å². The Morgan fingerprint density at radius 2 is 1.68 bits per heavy atom. The topological polar surface area (TPSA) is 91.0 Å². The van der Waals surface area contributed by atoms with E-state index in [-0.39, 0.29) is 23.8 Å². The Balaban J connectivity index is 1.08. The van der Waals surface area contributed by atoms with Gasteiger partial charge in [-0.25, -0.2) is 0 Å². The SMILES string of the molecule is Cc1ccc2cc(C(=O)NC3(C(=O)N[C@@H](CCC(=O)N4CCC(N(C)C5CCOCC5)CC4)Cc4ccccc4)CCCC3)sc2c1. The van der Waals surface area contributed by atoms with Gasteiger partial charge in [0.25, 0.3) is 5.91 Å². The van der Waals surface area contributed by atoms with Crippen LogP contribution in [-0.2, 0) is 20.7 Å². The van der Waals surface area contributed by atoms with Crippen LogP contribution in [0.5, 0.6) is 0 Å². The summed E-state index contributed by atoms with van der Waals surface area (Å²) in [4.78, 5) is 46.3. The van der Waals surface area contributed by atoms with Crippen molar-refractivity contribution in [2.24, 2.45) is 0 Å². The van der Waals surface area contributed by atoms with Crippen molar-refractivity contribution in [3.05, 3.63) is 70.6 Å². The van der Waals surface area contributed by atoms with Gasteiger partial charge in [0, 0.05) is 55.5 Å². The molecule has 2 saturated heterocycles. The monoisotopic (exact) mass is 658 g/mol. The number of likely N-dealkylation sites (tertiary alicyclic amines) is 1. The predicted octanol–water partition coefficient (Wildman–Crippen LogP) is 5.86. The van der Waals surface area contributed by atoms with Crippen molar-refractivity contribution in [3.8, 4) is 0 Å². The number of carbonyl (C=O) groups excluding carboxylic acids is 3. The lowest BCUT2D eigenvalue weighted by molar-refractivity contribution is -0.134. The fraction of sp³-hybridized carbons (Fsp3) is 0.553. The van der Waals surface area contributed by atoms with Crippen LogP contribution in [0, 0.1) is 6.92 Å². The molecule has 6 rings (SSSR count). The molecule has 1 atom stereocenters. The molecule has 1 saturated carbocycles. The van der Waals surface area contributed by atoms with Crippen molar-refractivity contribution in [2.45, 2.75) is 101 Å². The molecule has 1 aliphatic carbocycles. The van der Waals surface area contributed by atoms with Crippen LogP contribution in [-0.4, -0.2) is 84.5 Å². The number of carbonyl (C=O) groups is 3. The van der Waals surface area contributed by atoms with E-state index in [0.717, 1.165) is 86.0 Å². The van der Waals surface area contributed by atoms with Crippen LogP contribution < -0.4 is 10.6 Å². The maximum atomic E-state index is 14.1. The Morgan fingerprint density at radius 3 is 2.40 bits per heavy atom. The summed E-state index contributed by atoms with van der Waals surface area (Å²) in [6.07, 6.45) is 8.74. The molecule has 9 heteroatoms. The van der Waals surface area contributed by atoms with Gasteiger partial charge in [-0.05, 0) is 94.0 Å². The quantitative estimate of drug-likeness (QED) is 0.269. The number of ether oxygens (including phenoxy) is 1. The molecule has 0 radical (unpaired) electrons. The van der Waals surface area contributed by atoms with Crippen LogP contribution in [0.4, 0.5) is 0 Å². The van der Waals surface area contributed by atoms with E-state index in [1.807, 2.05) is 42.2 Å². The fourth-order valence-electron chi connectivity index (χ4n) is 7.73. The molecule has 3 fully saturated rings. The average Bonchev–Trinajstić information content (AvgIpc) is 3.75. The van der Waals surface area contributed by atoms with Gasteiger partial charge >= 0.3 is 0 Å². The fourth-order valence-corrected chi connectivity index (χ4v) is 8.79. The summed E-state index contributed by atoms with van der Waals surface area (Å²) in [5.41, 5.74) is 1.33. The van der Waals surface area contributed by atoms with E-state index in [4.69, 9.17) is 4.74 Å². The molecule has 3 heterocycles. The number of nitrogens with one attached hydrogen (secondary N) is 2. The van der Waals surface area contributed by atoms with Gasteiger partial charge in [0.2, 0.25) is 11.8 Å². The molecule has 8 nitrogen and oxygen atoms in total. The third-order valence-corrected chi connectivity index (χ3v) is 11.8. The highest BCUT2D eigenvalue weighted by Gasteiger charge is 2.43. The second-order valence-electron chi connectivity index (χ2n) is 13.9. The third-order valence-electron chi connectivity index (χ3n) is 10.7. The third kappa shape index (κ3) is 8.24. The Hall–Kier alpha value is -3.27. The predicted molar refractivity (Wildman–Crippen MR) is 188 cm³/mol. The zero-order valence-corrected chi connectivity index (χ0v) is 28.8. The molecule has 3 aliphatic rings. The molecule has 3 amide bonds. The molecule has 2 aromatic carbocycles. The normalized spacial score (nSPS) is 19.6. The van der Waals surface area contributed by atoms with E-state index in [0.29, 0.717) is 49.1 Å². The van der Waals surface area contributed by atoms with Crippen molar-refractivity contribution in [1.82, 2.24) is 20.4 Å². The molecule has 252 valence electrons. The summed E-state index contributed by atoms with van der Waals surface area (Å²) in [6.45, 7) is 5.28. The smallest absolute Gasteiger partial charge is 0.262 e. The maximum Gasteiger partial charge on any atom is 0.262 e. The van der Waals surface area contributed by atoms with Crippen molar-refractivity contribution < 1.29 is 19.1 Å². The highest BCUT2D eigenvalue weighted by Crippen LogP contribution is 2.33. The number of nitrogens with zero attached hydrogens (tertiary/aromatic N) is 2. The number of piperidine rings is 1. The van der Waals surface area contributed by atoms with E-state index < -0.39 is 5.54 Å². The van der Waals surface area contributed by atoms with Crippen LogP contribution in [0.15, 0.2) is 54.6 Å². The Morgan fingerprint density at radius 1 is 0.979 bits per heavy atom. The minimum absolute atomic E-state index is 0.134. The lowest BCUT2D eigenvalue weighted by Crippen LogP contribution is -2.59. The van der Waals surface area contributed by atoms with Gasteiger partial charge < -0.3 is 25.2 Å². The summed E-state index contributed by atoms with van der Waals surface area (Å²) < 4.78 is 6.62. The highest BCUT2D eigenvalue weighted by atomic mass is 32.1. The van der Waals surface area contributed by atoms with Crippen LogP contribution >= 0.6 is 11.3 Å². The van der Waals surface area contributed by atoms with Crippen LogP contribution in [0.1, 0.15) is 85.0 Å². The van der Waals surface area contributed by atoms with Crippen molar-refractivity contribution >= 4 is 39.1 Å². The first-order valence-electron chi connectivity index (χ1n) is 17.5. The summed E-state index contributed by atoms with van der Waals surface area (Å²) in [6, 6.07) is 19.1. The number of thiophene rings is 1. The number of hydrogen-bond acceptors (Lipinski definition) is 6. The first-order valence-corrected chi connectivity index (χ1v) is 18.4. The highest BCUT2D eigenvalue weighted by molar-refractivity contribution is 7.20. The Kier molecular flexibility index (Phi) is 10.9. The summed E-state index contributed by atoms with van der Waals surface area (Å²) in [7, 11) is 2.23. The Labute approximate surface area is 283 Å². The van der Waals surface area contributed by atoms with Gasteiger partial charge in [-0.2, -0.15) is 0 Å². The molecule has 0 spiro atoms. The van der Waals surface area contributed by atoms with E-state index in [1.54, 1.807) is 0 Å². The molecular formula is C38H50N4O4S. The van der Waals surface area contributed by atoms with E-state index in [2.05, 4.69) is 46.8 Å². The molecule has 2 N–H and O–H groups in total. The molecule has 0 unspecified atom stereocenters. The first kappa shape index (κ1) is 33.6. The zero-order valence-electron chi connectivity index (χ0n) is 28.0. The van der Waals surface area contributed by atoms with Crippen molar-refractivity contribution in [2.75, 3.05) is 33.4 Å². The lowest BCUT2D eigenvalue weighted by Gasteiger charge is -2.41. The van der Waals surface area contributed by atoms with Crippen LogP contribution in [0.3, 0.4) is 0 Å². The molecule has 2 aliphatic heterocycles. The molecule has 1 aromatic heterocycles. The number of rotatable bonds is 11. The molecule has 0 bridgehead atoms. The molecule has 47 heavy (non-hydrogen) atoms. The Bertz CT molecular complexity index is 1520. The summed E-state index contributed by atoms with van der Waals surface area (Å²) in [5.74, 6) is -0.166. The standard InChI is InChI=1S/C38H50N4O4S/c1-27-10-11-29-26-34(47-33(29)24-27)36(44)40-38(18-6-7-19-38)37(45)39-30(25-28-8-4-3-5-9-28)12-13-35(43)42-20-14-31(15-21-42)41(2)32-16-22-46-23-17-32/h3-5,8-11,24,26,30-32H,6-7,12-23,25H2,1-2H3,(H,39,45)(H,40,44)/t30-/m0/s1. The first-order chi connectivity index (χ1) is 22.8. The van der Waals surface area contributed by atoms with Gasteiger partial charge in [0.05, 0.1) is 4.88 Å². The number of aryl methyl sites for hydroxylation is 1. The summed E-state index contributed by atoms with van der Waals surface area (Å²) >= 11 is 1.47. The van der Waals surface area contributed by atoms with Crippen LogP contribution in [0.2, 0.25) is 0 Å². The van der Waals surface area contributed by atoms with E-state index in [9.17, 15) is 14.4 Å². The maximum absolute atomic E-state index is 14.1.